The number of carbonyl (C=O) groups is 3. The lowest BCUT2D eigenvalue weighted by molar-refractivity contribution is -0.147. The third-order valence-corrected chi connectivity index (χ3v) is 5.85. The summed E-state index contributed by atoms with van der Waals surface area (Å²) in [4.78, 5) is 40.3. The highest BCUT2D eigenvalue weighted by Gasteiger charge is 2.61. The van der Waals surface area contributed by atoms with Crippen LogP contribution < -0.4 is 5.32 Å². The van der Waals surface area contributed by atoms with Gasteiger partial charge >= 0.3 is 0 Å². The fourth-order valence-electron chi connectivity index (χ4n) is 4.76. The van der Waals surface area contributed by atoms with E-state index in [1.54, 1.807) is 12.1 Å². The maximum Gasteiger partial charge on any atom is 0.247 e. The number of imide groups is 1. The number of nitrogens with one attached hydrogen (secondary N) is 1. The Morgan fingerprint density at radius 3 is 2.19 bits per heavy atom. The minimum atomic E-state index is -0.750. The topological polar surface area (TPSA) is 66.5 Å². The van der Waals surface area contributed by atoms with Crippen LogP contribution in [0.25, 0.3) is 0 Å². The minimum absolute atomic E-state index is 0.156. The van der Waals surface area contributed by atoms with Crippen LogP contribution in [0.15, 0.2) is 42.5 Å². The number of rotatable bonds is 5. The van der Waals surface area contributed by atoms with Crippen molar-refractivity contribution < 1.29 is 14.4 Å². The number of hydrogen-bond donors (Lipinski definition) is 1. The number of fused-ring (bicyclic) bond motifs is 5. The Hall–Kier alpha value is -2.43. The van der Waals surface area contributed by atoms with Crippen LogP contribution >= 0.6 is 0 Å². The number of benzene rings is 1. The molecule has 1 N–H and O–H groups in total. The summed E-state index contributed by atoms with van der Waals surface area (Å²) in [5.74, 6) is -0.638. The molecule has 5 nitrogen and oxygen atoms in total. The molecule has 4 rings (SSSR count). The molecule has 1 saturated heterocycles. The second-order valence-corrected chi connectivity index (χ2v) is 8.05. The van der Waals surface area contributed by atoms with Crippen molar-refractivity contribution in [1.82, 2.24) is 4.90 Å². The zero-order valence-corrected chi connectivity index (χ0v) is 15.1. The summed E-state index contributed by atoms with van der Waals surface area (Å²) < 4.78 is 0. The normalized spacial score (nSPS) is 30.2. The van der Waals surface area contributed by atoms with Crippen molar-refractivity contribution in [2.24, 2.45) is 29.6 Å². The summed E-state index contributed by atoms with van der Waals surface area (Å²) in [6.45, 7) is 4.00. The molecule has 136 valence electrons. The van der Waals surface area contributed by atoms with Crippen LogP contribution in [0, 0.1) is 29.6 Å². The van der Waals surface area contributed by atoms with Gasteiger partial charge in [-0.25, -0.2) is 0 Å². The minimum Gasteiger partial charge on any atom is -0.324 e. The van der Waals surface area contributed by atoms with Gasteiger partial charge in [-0.1, -0.05) is 44.2 Å². The maximum absolute atomic E-state index is 13.1. The van der Waals surface area contributed by atoms with Gasteiger partial charge in [0.2, 0.25) is 17.7 Å². The summed E-state index contributed by atoms with van der Waals surface area (Å²) in [5.41, 5.74) is 0.673. The van der Waals surface area contributed by atoms with E-state index in [9.17, 15) is 14.4 Å². The van der Waals surface area contributed by atoms with Crippen LogP contribution in [-0.4, -0.2) is 28.7 Å². The number of amides is 3. The second-order valence-electron chi connectivity index (χ2n) is 8.05. The molecule has 1 saturated carbocycles. The van der Waals surface area contributed by atoms with Gasteiger partial charge in [0.05, 0.1) is 11.8 Å². The maximum atomic E-state index is 13.1. The summed E-state index contributed by atoms with van der Waals surface area (Å²) in [7, 11) is 0. The Bertz CT molecular complexity index is 741. The first-order valence-electron chi connectivity index (χ1n) is 9.38. The molecular weight excluding hydrogens is 328 g/mol. The first-order valence-corrected chi connectivity index (χ1v) is 9.38. The summed E-state index contributed by atoms with van der Waals surface area (Å²) >= 11 is 0. The molecule has 26 heavy (non-hydrogen) atoms. The largest absolute Gasteiger partial charge is 0.324 e. The SMILES string of the molecule is CC(C)C[C@@H](C(=O)Nc1ccccc1)N1C(=O)[C@@H]2[C@H](C1=O)[C@@H]1C=C[C@H]2C1. The van der Waals surface area contributed by atoms with Gasteiger partial charge in [-0.2, -0.15) is 0 Å². The van der Waals surface area contributed by atoms with E-state index >= 15 is 0 Å². The first kappa shape index (κ1) is 17.0. The molecule has 2 bridgehead atoms. The molecule has 3 aliphatic rings. The van der Waals surface area contributed by atoms with Crippen molar-refractivity contribution in [2.75, 3.05) is 5.32 Å². The van der Waals surface area contributed by atoms with Crippen molar-refractivity contribution in [3.63, 3.8) is 0 Å². The van der Waals surface area contributed by atoms with Crippen LogP contribution in [0.5, 0.6) is 0 Å². The lowest BCUT2D eigenvalue weighted by atomic mass is 9.85. The van der Waals surface area contributed by atoms with E-state index in [2.05, 4.69) is 17.5 Å². The Morgan fingerprint density at radius 2 is 1.65 bits per heavy atom. The van der Waals surface area contributed by atoms with Crippen LogP contribution in [0.2, 0.25) is 0 Å². The van der Waals surface area contributed by atoms with Crippen LogP contribution in [0.3, 0.4) is 0 Å². The molecule has 1 aromatic rings. The molecule has 2 fully saturated rings. The summed E-state index contributed by atoms with van der Waals surface area (Å²) in [5, 5.41) is 2.87. The third-order valence-electron chi connectivity index (χ3n) is 5.85. The van der Waals surface area contributed by atoms with Crippen molar-refractivity contribution in [1.29, 1.82) is 0 Å². The number of anilines is 1. The standard InChI is InChI=1S/C21H24N2O3/c1-12(2)10-16(19(24)22-15-6-4-3-5-7-15)23-20(25)17-13-8-9-14(11-13)18(17)21(23)26/h3-9,12-14,16-18H,10-11H2,1-2H3,(H,22,24)/t13-,14+,16-,17-,18+/m0/s1. The van der Waals surface area contributed by atoms with Crippen molar-refractivity contribution in [3.8, 4) is 0 Å². The molecule has 5 heteroatoms. The summed E-state index contributed by atoms with van der Waals surface area (Å²) in [6, 6.07) is 8.41. The average Bonchev–Trinajstić information content (AvgIpc) is 3.28. The quantitative estimate of drug-likeness (QED) is 0.654. The van der Waals surface area contributed by atoms with Gasteiger partial charge in [-0.15, -0.1) is 0 Å². The van der Waals surface area contributed by atoms with Crippen molar-refractivity contribution >= 4 is 23.4 Å². The van der Waals surface area contributed by atoms with E-state index in [1.807, 2.05) is 32.0 Å². The average molecular weight is 352 g/mol. The van der Waals surface area contributed by atoms with E-state index in [0.717, 1.165) is 6.42 Å². The van der Waals surface area contributed by atoms with E-state index in [-0.39, 0.29) is 47.3 Å². The predicted molar refractivity (Wildman–Crippen MR) is 97.9 cm³/mol. The van der Waals surface area contributed by atoms with Crippen LogP contribution in [0.4, 0.5) is 5.69 Å². The molecule has 0 unspecified atom stereocenters. The third kappa shape index (κ3) is 2.66. The van der Waals surface area contributed by atoms with E-state index in [1.165, 1.54) is 4.90 Å². The molecule has 1 heterocycles. The fraction of sp³-hybridized carbons (Fsp3) is 0.476. The van der Waals surface area contributed by atoms with E-state index in [4.69, 9.17) is 0 Å². The monoisotopic (exact) mass is 352 g/mol. The Labute approximate surface area is 153 Å². The second kappa shape index (κ2) is 6.38. The molecule has 2 aliphatic carbocycles. The molecule has 0 spiro atoms. The number of nitrogens with zero attached hydrogens (tertiary/aromatic N) is 1. The molecule has 1 aromatic carbocycles. The number of allylic oxidation sites excluding steroid dienone is 2. The van der Waals surface area contributed by atoms with Crippen LogP contribution in [-0.2, 0) is 14.4 Å². The highest BCUT2D eigenvalue weighted by atomic mass is 16.2. The number of hydrogen-bond acceptors (Lipinski definition) is 3. The molecular formula is C21H24N2O3. The van der Waals surface area contributed by atoms with Gasteiger partial charge in [0.25, 0.3) is 0 Å². The van der Waals surface area contributed by atoms with Gasteiger partial charge in [0, 0.05) is 5.69 Å². The molecule has 0 aromatic heterocycles. The molecule has 0 radical (unpaired) electrons. The zero-order chi connectivity index (χ0) is 18.4. The van der Waals surface area contributed by atoms with Crippen LogP contribution in [0.1, 0.15) is 26.7 Å². The van der Waals surface area contributed by atoms with Crippen molar-refractivity contribution in [3.05, 3.63) is 42.5 Å². The lowest BCUT2D eigenvalue weighted by Gasteiger charge is -2.28. The first-order chi connectivity index (χ1) is 12.5. The van der Waals surface area contributed by atoms with Gasteiger partial charge in [-0.05, 0) is 42.7 Å². The van der Waals surface area contributed by atoms with E-state index in [0.29, 0.717) is 12.1 Å². The van der Waals surface area contributed by atoms with Crippen molar-refractivity contribution in [2.45, 2.75) is 32.7 Å². The van der Waals surface area contributed by atoms with E-state index < -0.39 is 6.04 Å². The highest BCUT2D eigenvalue weighted by molar-refractivity contribution is 6.10. The Kier molecular flexibility index (Phi) is 4.17. The highest BCUT2D eigenvalue weighted by Crippen LogP contribution is 2.53. The number of likely N-dealkylation sites (tertiary alicyclic amines) is 1. The molecule has 3 amide bonds. The van der Waals surface area contributed by atoms with Gasteiger partial charge in [0.1, 0.15) is 6.04 Å². The molecule has 1 aliphatic heterocycles. The lowest BCUT2D eigenvalue weighted by Crippen LogP contribution is -2.49. The smallest absolute Gasteiger partial charge is 0.247 e. The Morgan fingerprint density at radius 1 is 1.08 bits per heavy atom. The molecule has 5 atom stereocenters. The van der Waals surface area contributed by atoms with Gasteiger partial charge < -0.3 is 5.32 Å². The Balaban J connectivity index is 1.60. The van der Waals surface area contributed by atoms with Gasteiger partial charge in [-0.3, -0.25) is 19.3 Å². The summed E-state index contributed by atoms with van der Waals surface area (Å²) in [6.07, 6.45) is 5.51. The zero-order valence-electron chi connectivity index (χ0n) is 15.1. The number of carbonyl (C=O) groups excluding carboxylic acids is 3. The number of para-hydroxylation sites is 1. The fourth-order valence-corrected chi connectivity index (χ4v) is 4.76. The predicted octanol–water partition coefficient (Wildman–Crippen LogP) is 2.85. The van der Waals surface area contributed by atoms with Gasteiger partial charge in [0.15, 0.2) is 0 Å².